The van der Waals surface area contributed by atoms with E-state index in [1.54, 1.807) is 0 Å². The van der Waals surface area contributed by atoms with Gasteiger partial charge in [0.15, 0.2) is 0 Å². The van der Waals surface area contributed by atoms with E-state index in [1.807, 2.05) is 0 Å². The van der Waals surface area contributed by atoms with E-state index in [2.05, 4.69) is 58.2 Å². The number of rotatable bonds is 25. The Morgan fingerprint density at radius 2 is 1.16 bits per heavy atom. The van der Waals surface area contributed by atoms with Gasteiger partial charge < -0.3 is 0 Å². The molecule has 0 fully saturated rings. The third kappa shape index (κ3) is 22.4. The molecule has 0 aromatic heterocycles. The molecular formula is C32H60. The summed E-state index contributed by atoms with van der Waals surface area (Å²) in [5.74, 6) is 0.822. The lowest BCUT2D eigenvalue weighted by atomic mass is 9.83. The number of unbranched alkanes of at least 4 members (excludes halogenated alkanes) is 14. The molecule has 0 amide bonds. The molecule has 0 rings (SSSR count). The third-order valence-corrected chi connectivity index (χ3v) is 6.99. The van der Waals surface area contributed by atoms with Crippen LogP contribution < -0.4 is 0 Å². The van der Waals surface area contributed by atoms with Crippen molar-refractivity contribution in [2.75, 3.05) is 0 Å². The van der Waals surface area contributed by atoms with Crippen LogP contribution in [0.15, 0.2) is 37.5 Å². The van der Waals surface area contributed by atoms with Crippen LogP contribution in [0.25, 0.3) is 0 Å². The zero-order valence-electron chi connectivity index (χ0n) is 22.7. The van der Waals surface area contributed by atoms with Gasteiger partial charge in [0.05, 0.1) is 0 Å². The van der Waals surface area contributed by atoms with Gasteiger partial charge in [0, 0.05) is 0 Å². The van der Waals surface area contributed by atoms with E-state index in [9.17, 15) is 0 Å². The summed E-state index contributed by atoms with van der Waals surface area (Å²) in [5.41, 5.74) is 0.436. The monoisotopic (exact) mass is 444 g/mol. The molecule has 1 unspecified atom stereocenters. The largest absolute Gasteiger partial charge is 0.103 e. The predicted octanol–water partition coefficient (Wildman–Crippen LogP) is 11.8. The van der Waals surface area contributed by atoms with Gasteiger partial charge in [0.25, 0.3) is 0 Å². The maximum Gasteiger partial charge on any atom is -0.0234 e. The number of hydrogen-bond acceptors (Lipinski definition) is 0. The molecule has 0 spiro atoms. The van der Waals surface area contributed by atoms with Crippen LogP contribution in [0.1, 0.15) is 156 Å². The van der Waals surface area contributed by atoms with Crippen molar-refractivity contribution < 1.29 is 0 Å². The van der Waals surface area contributed by atoms with Crippen molar-refractivity contribution in [2.24, 2.45) is 11.3 Å². The molecule has 32 heavy (non-hydrogen) atoms. The van der Waals surface area contributed by atoms with E-state index in [0.717, 1.165) is 12.3 Å². The van der Waals surface area contributed by atoms with Crippen molar-refractivity contribution in [1.29, 1.82) is 0 Å². The molecule has 0 radical (unpaired) electrons. The Balaban J connectivity index is 4.03. The minimum atomic E-state index is 0.436. The summed E-state index contributed by atoms with van der Waals surface area (Å²) in [7, 11) is 0. The normalized spacial score (nSPS) is 13.0. The Bertz CT molecular complexity index is 427. The van der Waals surface area contributed by atoms with Crippen molar-refractivity contribution in [1.82, 2.24) is 0 Å². The highest BCUT2D eigenvalue weighted by molar-refractivity contribution is 4.88. The Kier molecular flexibility index (Phi) is 22.8. The van der Waals surface area contributed by atoms with Crippen LogP contribution >= 0.6 is 0 Å². The summed E-state index contributed by atoms with van der Waals surface area (Å²) in [5, 5.41) is 0. The summed E-state index contributed by atoms with van der Waals surface area (Å²) in [6.07, 6.45) is 38.0. The molecule has 0 aliphatic carbocycles. The highest BCUT2D eigenvalue weighted by Crippen LogP contribution is 2.29. The highest BCUT2D eigenvalue weighted by atomic mass is 14.2. The summed E-state index contributed by atoms with van der Waals surface area (Å²) < 4.78 is 0. The van der Waals surface area contributed by atoms with E-state index in [0.29, 0.717) is 5.41 Å². The zero-order chi connectivity index (χ0) is 23.8. The fourth-order valence-electron chi connectivity index (χ4n) is 4.75. The minimum Gasteiger partial charge on any atom is -0.103 e. The fraction of sp³-hybridized carbons (Fsp3) is 0.812. The first-order valence-corrected chi connectivity index (χ1v) is 14.4. The smallest absolute Gasteiger partial charge is 0.0234 e. The SMILES string of the molecule is C=CCCCCCCCCCC=CC(CCCCCCC)CCCCCC(C)(C)CC=C. The van der Waals surface area contributed by atoms with Crippen LogP contribution in [0, 0.1) is 11.3 Å². The van der Waals surface area contributed by atoms with Crippen molar-refractivity contribution in [3.63, 3.8) is 0 Å². The van der Waals surface area contributed by atoms with Gasteiger partial charge in [-0.05, 0) is 62.7 Å². The molecule has 0 heterocycles. The van der Waals surface area contributed by atoms with E-state index >= 15 is 0 Å². The molecule has 0 saturated carbocycles. The second-order valence-electron chi connectivity index (χ2n) is 11.0. The lowest BCUT2D eigenvalue weighted by Crippen LogP contribution is -2.09. The minimum absolute atomic E-state index is 0.436. The molecule has 0 aromatic rings. The van der Waals surface area contributed by atoms with Crippen molar-refractivity contribution in [2.45, 2.75) is 156 Å². The molecule has 0 aliphatic rings. The Morgan fingerprint density at radius 1 is 0.625 bits per heavy atom. The lowest BCUT2D eigenvalue weighted by molar-refractivity contribution is 0.321. The summed E-state index contributed by atoms with van der Waals surface area (Å²) in [4.78, 5) is 0. The van der Waals surface area contributed by atoms with Gasteiger partial charge in [-0.15, -0.1) is 13.2 Å². The molecule has 1 atom stereocenters. The summed E-state index contributed by atoms with van der Waals surface area (Å²) in [6.45, 7) is 14.8. The highest BCUT2D eigenvalue weighted by Gasteiger charge is 2.15. The first-order valence-electron chi connectivity index (χ1n) is 14.4. The van der Waals surface area contributed by atoms with E-state index in [4.69, 9.17) is 0 Å². The molecule has 0 N–H and O–H groups in total. The predicted molar refractivity (Wildman–Crippen MR) is 149 cm³/mol. The fourth-order valence-corrected chi connectivity index (χ4v) is 4.75. The lowest BCUT2D eigenvalue weighted by Gasteiger charge is -2.22. The molecule has 0 heteroatoms. The standard InChI is InChI=1S/C32H60/c1-6-9-11-13-14-15-16-17-18-20-23-27-31(26-22-19-12-10-7-2)28-24-21-25-30-32(4,5)29-8-3/h6,8,23,27,31H,1,3,7,9-22,24-26,28-30H2,2,4-5H3. The second kappa shape index (κ2) is 23.4. The molecule has 0 nitrogen and oxygen atoms in total. The topological polar surface area (TPSA) is 0 Å². The van der Waals surface area contributed by atoms with Crippen LogP contribution in [0.2, 0.25) is 0 Å². The molecule has 188 valence electrons. The first kappa shape index (κ1) is 31.2. The van der Waals surface area contributed by atoms with E-state index in [1.165, 1.54) is 128 Å². The average molecular weight is 445 g/mol. The van der Waals surface area contributed by atoms with Gasteiger partial charge in [0.1, 0.15) is 0 Å². The molecule has 0 saturated heterocycles. The van der Waals surface area contributed by atoms with Gasteiger partial charge in [-0.3, -0.25) is 0 Å². The quantitative estimate of drug-likeness (QED) is 0.0969. The summed E-state index contributed by atoms with van der Waals surface area (Å²) in [6, 6.07) is 0. The van der Waals surface area contributed by atoms with Crippen LogP contribution in [0.5, 0.6) is 0 Å². The first-order chi connectivity index (χ1) is 15.6. The van der Waals surface area contributed by atoms with Crippen LogP contribution in [-0.4, -0.2) is 0 Å². The van der Waals surface area contributed by atoms with Crippen LogP contribution in [-0.2, 0) is 0 Å². The van der Waals surface area contributed by atoms with Gasteiger partial charge in [-0.25, -0.2) is 0 Å². The van der Waals surface area contributed by atoms with Crippen molar-refractivity contribution in [3.05, 3.63) is 37.5 Å². The Labute approximate surface area is 204 Å². The Morgan fingerprint density at radius 3 is 1.75 bits per heavy atom. The molecule has 0 bridgehead atoms. The maximum atomic E-state index is 3.92. The molecule has 0 aromatic carbocycles. The number of hydrogen-bond donors (Lipinski definition) is 0. The van der Waals surface area contributed by atoms with E-state index < -0.39 is 0 Å². The second-order valence-corrected chi connectivity index (χ2v) is 11.0. The van der Waals surface area contributed by atoms with Gasteiger partial charge in [0.2, 0.25) is 0 Å². The molecule has 0 aliphatic heterocycles. The van der Waals surface area contributed by atoms with E-state index in [-0.39, 0.29) is 0 Å². The third-order valence-electron chi connectivity index (χ3n) is 6.99. The van der Waals surface area contributed by atoms with Gasteiger partial charge in [-0.1, -0.05) is 129 Å². The Hall–Kier alpha value is -0.780. The molecular weight excluding hydrogens is 384 g/mol. The summed E-state index contributed by atoms with van der Waals surface area (Å²) >= 11 is 0. The maximum absolute atomic E-state index is 3.92. The van der Waals surface area contributed by atoms with Crippen molar-refractivity contribution >= 4 is 0 Å². The van der Waals surface area contributed by atoms with Crippen LogP contribution in [0.4, 0.5) is 0 Å². The van der Waals surface area contributed by atoms with Gasteiger partial charge >= 0.3 is 0 Å². The van der Waals surface area contributed by atoms with Crippen molar-refractivity contribution in [3.8, 4) is 0 Å². The average Bonchev–Trinajstić information content (AvgIpc) is 2.76. The zero-order valence-corrected chi connectivity index (χ0v) is 22.7. The number of allylic oxidation sites excluding steroid dienone is 4. The van der Waals surface area contributed by atoms with Crippen LogP contribution in [0.3, 0.4) is 0 Å². The van der Waals surface area contributed by atoms with Gasteiger partial charge in [-0.2, -0.15) is 0 Å².